The van der Waals surface area contributed by atoms with E-state index in [1.807, 2.05) is 17.1 Å². The Hall–Kier alpha value is -2.70. The molecule has 1 fully saturated rings. The average molecular weight is 313 g/mol. The van der Waals surface area contributed by atoms with Crippen LogP contribution < -0.4 is 4.74 Å². The van der Waals surface area contributed by atoms with E-state index in [9.17, 15) is 4.39 Å². The Kier molecular flexibility index (Phi) is 3.53. The summed E-state index contributed by atoms with van der Waals surface area (Å²) >= 11 is 0. The summed E-state index contributed by atoms with van der Waals surface area (Å²) in [5.41, 5.74) is 1.79. The number of aromatic nitrogens is 5. The van der Waals surface area contributed by atoms with Gasteiger partial charge in [-0.25, -0.2) is 9.07 Å². The molecule has 6 nitrogen and oxygen atoms in total. The Labute approximate surface area is 132 Å². The van der Waals surface area contributed by atoms with Crippen LogP contribution in [0.15, 0.2) is 42.9 Å². The van der Waals surface area contributed by atoms with Gasteiger partial charge in [-0.2, -0.15) is 5.10 Å². The highest BCUT2D eigenvalue weighted by molar-refractivity contribution is 5.18. The summed E-state index contributed by atoms with van der Waals surface area (Å²) in [4.78, 5) is 0. The van der Waals surface area contributed by atoms with Crippen molar-refractivity contribution in [3.05, 3.63) is 59.9 Å². The van der Waals surface area contributed by atoms with Crippen LogP contribution in [0.4, 0.5) is 4.39 Å². The average Bonchev–Trinajstić information content (AvgIpc) is 3.13. The van der Waals surface area contributed by atoms with Gasteiger partial charge in [0.05, 0.1) is 31.2 Å². The van der Waals surface area contributed by atoms with Crippen molar-refractivity contribution in [1.29, 1.82) is 0 Å². The number of ether oxygens (including phenoxy) is 1. The lowest BCUT2D eigenvalue weighted by Crippen LogP contribution is -2.00. The standard InChI is InChI=1S/C16H16FN5O/c17-13-3-1-12(2-4-13)8-21-10-16(7-18-21)23-11-14-9-22(20-19-14)15-5-6-15/h1-4,7,9-10,15H,5-6,8,11H2. The van der Waals surface area contributed by atoms with Gasteiger partial charge in [-0.05, 0) is 30.5 Å². The molecule has 1 aromatic carbocycles. The van der Waals surface area contributed by atoms with Crippen molar-refractivity contribution in [2.45, 2.75) is 32.0 Å². The van der Waals surface area contributed by atoms with Crippen molar-refractivity contribution < 1.29 is 9.13 Å². The molecule has 2 heterocycles. The number of hydrogen-bond donors (Lipinski definition) is 0. The molecule has 1 saturated carbocycles. The summed E-state index contributed by atoms with van der Waals surface area (Å²) < 4.78 is 22.2. The maximum Gasteiger partial charge on any atom is 0.157 e. The minimum absolute atomic E-state index is 0.238. The lowest BCUT2D eigenvalue weighted by atomic mass is 10.2. The van der Waals surface area contributed by atoms with Gasteiger partial charge in [0.25, 0.3) is 0 Å². The third-order valence-corrected chi connectivity index (χ3v) is 3.73. The molecule has 0 aliphatic heterocycles. The number of rotatable bonds is 6. The van der Waals surface area contributed by atoms with Gasteiger partial charge in [-0.15, -0.1) is 5.10 Å². The molecule has 4 rings (SSSR count). The van der Waals surface area contributed by atoms with Crippen molar-refractivity contribution >= 4 is 0 Å². The number of halogens is 1. The minimum Gasteiger partial charge on any atom is -0.484 e. The first-order valence-corrected chi connectivity index (χ1v) is 7.57. The van der Waals surface area contributed by atoms with E-state index in [0.29, 0.717) is 24.9 Å². The monoisotopic (exact) mass is 313 g/mol. The van der Waals surface area contributed by atoms with Crippen molar-refractivity contribution in [2.75, 3.05) is 0 Å². The van der Waals surface area contributed by atoms with Gasteiger partial charge in [0, 0.05) is 0 Å². The molecule has 0 N–H and O–H groups in total. The first kappa shape index (κ1) is 13.9. The maximum absolute atomic E-state index is 12.9. The molecule has 118 valence electrons. The molecule has 0 bridgehead atoms. The lowest BCUT2D eigenvalue weighted by Gasteiger charge is -2.02. The van der Waals surface area contributed by atoms with Gasteiger partial charge in [0.2, 0.25) is 0 Å². The molecule has 23 heavy (non-hydrogen) atoms. The van der Waals surface area contributed by atoms with Crippen LogP contribution in [-0.4, -0.2) is 24.8 Å². The van der Waals surface area contributed by atoms with Crippen LogP contribution in [0.5, 0.6) is 5.75 Å². The molecule has 0 amide bonds. The third kappa shape index (κ3) is 3.39. The molecule has 0 unspecified atom stereocenters. The summed E-state index contributed by atoms with van der Waals surface area (Å²) in [7, 11) is 0. The fraction of sp³-hybridized carbons (Fsp3) is 0.312. The third-order valence-electron chi connectivity index (χ3n) is 3.73. The Morgan fingerprint density at radius 2 is 2.00 bits per heavy atom. The molecule has 2 aromatic heterocycles. The van der Waals surface area contributed by atoms with Crippen LogP contribution in [0.25, 0.3) is 0 Å². The summed E-state index contributed by atoms with van der Waals surface area (Å²) in [6.45, 7) is 0.941. The second-order valence-corrected chi connectivity index (χ2v) is 5.71. The van der Waals surface area contributed by atoms with Crippen LogP contribution in [0.2, 0.25) is 0 Å². The van der Waals surface area contributed by atoms with Gasteiger partial charge in [-0.3, -0.25) is 4.68 Å². The highest BCUT2D eigenvalue weighted by Gasteiger charge is 2.24. The molecular formula is C16H16FN5O. The molecule has 1 aliphatic carbocycles. The fourth-order valence-electron chi connectivity index (χ4n) is 2.34. The smallest absolute Gasteiger partial charge is 0.157 e. The molecule has 0 saturated heterocycles. The SMILES string of the molecule is Fc1ccc(Cn2cc(OCc3cn(C4CC4)nn3)cn2)cc1. The van der Waals surface area contributed by atoms with Crippen LogP contribution in [-0.2, 0) is 13.2 Å². The molecule has 0 radical (unpaired) electrons. The van der Waals surface area contributed by atoms with E-state index in [1.54, 1.807) is 23.0 Å². The largest absolute Gasteiger partial charge is 0.484 e. The second kappa shape index (κ2) is 5.83. The molecule has 0 atom stereocenters. The molecule has 7 heteroatoms. The van der Waals surface area contributed by atoms with Gasteiger partial charge >= 0.3 is 0 Å². The number of nitrogens with zero attached hydrogens (tertiary/aromatic N) is 5. The van der Waals surface area contributed by atoms with E-state index in [1.165, 1.54) is 25.0 Å². The van der Waals surface area contributed by atoms with E-state index in [4.69, 9.17) is 4.74 Å². The van der Waals surface area contributed by atoms with E-state index in [-0.39, 0.29) is 5.82 Å². The van der Waals surface area contributed by atoms with Crippen molar-refractivity contribution in [3.63, 3.8) is 0 Å². The summed E-state index contributed by atoms with van der Waals surface area (Å²) in [5.74, 6) is 0.436. The lowest BCUT2D eigenvalue weighted by molar-refractivity contribution is 0.300. The molecule has 1 aliphatic rings. The van der Waals surface area contributed by atoms with E-state index >= 15 is 0 Å². The second-order valence-electron chi connectivity index (χ2n) is 5.71. The fourth-order valence-corrected chi connectivity index (χ4v) is 2.34. The zero-order valence-electron chi connectivity index (χ0n) is 12.5. The first-order chi connectivity index (χ1) is 11.3. The van der Waals surface area contributed by atoms with Crippen molar-refractivity contribution in [2.24, 2.45) is 0 Å². The zero-order valence-corrected chi connectivity index (χ0v) is 12.5. The predicted molar refractivity (Wildman–Crippen MR) is 80.4 cm³/mol. The van der Waals surface area contributed by atoms with Gasteiger partial charge < -0.3 is 4.74 Å². The van der Waals surface area contributed by atoms with Crippen LogP contribution in [0.1, 0.15) is 30.1 Å². The van der Waals surface area contributed by atoms with Gasteiger partial charge in [-0.1, -0.05) is 17.3 Å². The highest BCUT2D eigenvalue weighted by Crippen LogP contribution is 2.33. The minimum atomic E-state index is -0.238. The Bertz CT molecular complexity index is 791. The highest BCUT2D eigenvalue weighted by atomic mass is 19.1. The van der Waals surface area contributed by atoms with Gasteiger partial charge in [0.1, 0.15) is 18.1 Å². The number of hydrogen-bond acceptors (Lipinski definition) is 4. The van der Waals surface area contributed by atoms with E-state index < -0.39 is 0 Å². The number of benzene rings is 1. The normalized spacial score (nSPS) is 14.1. The van der Waals surface area contributed by atoms with E-state index in [0.717, 1.165) is 11.3 Å². The summed E-state index contributed by atoms with van der Waals surface area (Å²) in [6, 6.07) is 6.90. The quantitative estimate of drug-likeness (QED) is 0.702. The molecule has 0 spiro atoms. The Morgan fingerprint density at radius 1 is 1.17 bits per heavy atom. The predicted octanol–water partition coefficient (Wildman–Crippen LogP) is 2.58. The van der Waals surface area contributed by atoms with Crippen LogP contribution >= 0.6 is 0 Å². The van der Waals surface area contributed by atoms with Gasteiger partial charge in [0.15, 0.2) is 5.75 Å². The summed E-state index contributed by atoms with van der Waals surface area (Å²) in [5, 5.41) is 12.4. The first-order valence-electron chi connectivity index (χ1n) is 7.57. The Morgan fingerprint density at radius 3 is 2.78 bits per heavy atom. The zero-order chi connectivity index (χ0) is 15.6. The summed E-state index contributed by atoms with van der Waals surface area (Å²) in [6.07, 6.45) is 7.77. The van der Waals surface area contributed by atoms with Crippen LogP contribution in [0.3, 0.4) is 0 Å². The van der Waals surface area contributed by atoms with Crippen molar-refractivity contribution in [1.82, 2.24) is 24.8 Å². The molecule has 3 aromatic rings. The topological polar surface area (TPSA) is 57.8 Å². The van der Waals surface area contributed by atoms with Crippen LogP contribution in [0, 0.1) is 5.82 Å². The van der Waals surface area contributed by atoms with E-state index in [2.05, 4.69) is 15.4 Å². The molecular weight excluding hydrogens is 297 g/mol. The van der Waals surface area contributed by atoms with Crippen molar-refractivity contribution in [3.8, 4) is 5.75 Å². The Balaban J connectivity index is 1.34. The maximum atomic E-state index is 12.9.